The number of nitrogens with one attached hydrogen (secondary N) is 2. The van der Waals surface area contributed by atoms with Crippen LogP contribution in [0.5, 0.6) is 0 Å². The van der Waals surface area contributed by atoms with Crippen molar-refractivity contribution in [2.45, 2.75) is 0 Å². The fourth-order valence-corrected chi connectivity index (χ4v) is 1.55. The van der Waals surface area contributed by atoms with Gasteiger partial charge in [0.2, 0.25) is 5.95 Å². The largest absolute Gasteiger partial charge is 0.382 e. The number of H-pyrrole nitrogens is 1. The molecule has 0 radical (unpaired) electrons. The molecule has 1 heterocycles. The number of methoxy groups -OCH3 is 1. The van der Waals surface area contributed by atoms with E-state index in [-0.39, 0.29) is 5.82 Å². The van der Waals surface area contributed by atoms with E-state index in [1.807, 2.05) is 0 Å². The molecule has 0 atom stereocenters. The predicted molar refractivity (Wildman–Crippen MR) is 67.2 cm³/mol. The number of rotatable bonds is 7. The van der Waals surface area contributed by atoms with Crippen LogP contribution in [0.3, 0.4) is 0 Å². The molecule has 0 saturated heterocycles. The third-order valence-electron chi connectivity index (χ3n) is 2.41. The van der Waals surface area contributed by atoms with E-state index >= 15 is 0 Å². The number of ether oxygens (including phenoxy) is 2. The van der Waals surface area contributed by atoms with Gasteiger partial charge in [-0.3, -0.25) is 0 Å². The molecule has 18 heavy (non-hydrogen) atoms. The molecule has 98 valence electrons. The van der Waals surface area contributed by atoms with Crippen LogP contribution < -0.4 is 5.32 Å². The zero-order valence-corrected chi connectivity index (χ0v) is 10.2. The summed E-state index contributed by atoms with van der Waals surface area (Å²) in [6.07, 6.45) is 0. The second-order valence-corrected chi connectivity index (χ2v) is 3.78. The van der Waals surface area contributed by atoms with E-state index in [9.17, 15) is 4.39 Å². The van der Waals surface area contributed by atoms with Crippen molar-refractivity contribution in [3.63, 3.8) is 0 Å². The average molecular weight is 253 g/mol. The first-order valence-corrected chi connectivity index (χ1v) is 5.75. The zero-order valence-electron chi connectivity index (χ0n) is 10.2. The fourth-order valence-electron chi connectivity index (χ4n) is 1.55. The Morgan fingerprint density at radius 2 is 2.22 bits per heavy atom. The van der Waals surface area contributed by atoms with Crippen LogP contribution in [-0.4, -0.2) is 43.4 Å². The number of benzene rings is 1. The van der Waals surface area contributed by atoms with Gasteiger partial charge in [0.1, 0.15) is 5.82 Å². The van der Waals surface area contributed by atoms with Crippen LogP contribution in [-0.2, 0) is 9.47 Å². The molecular weight excluding hydrogens is 237 g/mol. The maximum atomic E-state index is 13.0. The SMILES string of the molecule is COCCOCCNc1nc2ccc(F)cc2[nH]1. The first-order chi connectivity index (χ1) is 8.79. The van der Waals surface area contributed by atoms with Gasteiger partial charge in [0.05, 0.1) is 30.9 Å². The zero-order chi connectivity index (χ0) is 12.8. The summed E-state index contributed by atoms with van der Waals surface area (Å²) < 4.78 is 23.1. The van der Waals surface area contributed by atoms with Crippen molar-refractivity contribution >= 4 is 17.0 Å². The molecule has 0 aliphatic carbocycles. The van der Waals surface area contributed by atoms with Crippen LogP contribution in [0, 0.1) is 5.82 Å². The molecular formula is C12H16FN3O2. The van der Waals surface area contributed by atoms with E-state index < -0.39 is 0 Å². The van der Waals surface area contributed by atoms with Gasteiger partial charge < -0.3 is 19.8 Å². The van der Waals surface area contributed by atoms with E-state index in [0.29, 0.717) is 37.8 Å². The van der Waals surface area contributed by atoms with E-state index in [1.54, 1.807) is 13.2 Å². The number of anilines is 1. The molecule has 0 amide bonds. The highest BCUT2D eigenvalue weighted by Gasteiger charge is 2.02. The number of nitrogens with zero attached hydrogens (tertiary/aromatic N) is 1. The Hall–Kier alpha value is -1.66. The second kappa shape index (κ2) is 6.32. The Morgan fingerprint density at radius 1 is 1.33 bits per heavy atom. The molecule has 0 aliphatic rings. The summed E-state index contributed by atoms with van der Waals surface area (Å²) >= 11 is 0. The number of halogens is 1. The first-order valence-electron chi connectivity index (χ1n) is 5.75. The van der Waals surface area contributed by atoms with E-state index in [2.05, 4.69) is 15.3 Å². The second-order valence-electron chi connectivity index (χ2n) is 3.78. The third kappa shape index (κ3) is 3.41. The molecule has 0 unspecified atom stereocenters. The van der Waals surface area contributed by atoms with Crippen molar-refractivity contribution in [1.82, 2.24) is 9.97 Å². The highest BCUT2D eigenvalue weighted by atomic mass is 19.1. The van der Waals surface area contributed by atoms with Crippen molar-refractivity contribution in [2.75, 3.05) is 38.8 Å². The van der Waals surface area contributed by atoms with Crippen LogP contribution in [0.2, 0.25) is 0 Å². The predicted octanol–water partition coefficient (Wildman–Crippen LogP) is 1.78. The molecule has 0 aliphatic heterocycles. The van der Waals surface area contributed by atoms with Gasteiger partial charge in [-0.15, -0.1) is 0 Å². The molecule has 2 N–H and O–H groups in total. The van der Waals surface area contributed by atoms with Gasteiger partial charge in [-0.05, 0) is 18.2 Å². The molecule has 0 saturated carbocycles. The van der Waals surface area contributed by atoms with Gasteiger partial charge in [0.25, 0.3) is 0 Å². The minimum Gasteiger partial charge on any atom is -0.382 e. The quantitative estimate of drug-likeness (QED) is 0.738. The Balaban J connectivity index is 1.81. The summed E-state index contributed by atoms with van der Waals surface area (Å²) in [5.41, 5.74) is 1.41. The maximum Gasteiger partial charge on any atom is 0.201 e. The van der Waals surface area contributed by atoms with Crippen molar-refractivity contribution in [3.05, 3.63) is 24.0 Å². The lowest BCUT2D eigenvalue weighted by atomic mass is 10.3. The van der Waals surface area contributed by atoms with Crippen LogP contribution in [0.1, 0.15) is 0 Å². The highest BCUT2D eigenvalue weighted by molar-refractivity contribution is 5.77. The van der Waals surface area contributed by atoms with Crippen molar-refractivity contribution < 1.29 is 13.9 Å². The standard InChI is InChI=1S/C12H16FN3O2/c1-17-6-7-18-5-4-14-12-15-10-3-2-9(13)8-11(10)16-12/h2-3,8H,4-7H2,1H3,(H2,14,15,16). The van der Waals surface area contributed by atoms with Gasteiger partial charge in [0, 0.05) is 13.7 Å². The molecule has 0 spiro atoms. The van der Waals surface area contributed by atoms with Crippen molar-refractivity contribution in [3.8, 4) is 0 Å². The molecule has 6 heteroatoms. The Labute approximate surface area is 104 Å². The molecule has 0 fully saturated rings. The normalized spacial score (nSPS) is 11.0. The summed E-state index contributed by atoms with van der Waals surface area (Å²) in [4.78, 5) is 7.27. The number of aromatic amines is 1. The Morgan fingerprint density at radius 3 is 3.06 bits per heavy atom. The molecule has 2 rings (SSSR count). The number of fused-ring (bicyclic) bond motifs is 1. The molecule has 5 nitrogen and oxygen atoms in total. The van der Waals surface area contributed by atoms with E-state index in [4.69, 9.17) is 9.47 Å². The van der Waals surface area contributed by atoms with Gasteiger partial charge >= 0.3 is 0 Å². The lowest BCUT2D eigenvalue weighted by Gasteiger charge is -2.04. The van der Waals surface area contributed by atoms with Gasteiger partial charge in [0.15, 0.2) is 0 Å². The lowest BCUT2D eigenvalue weighted by molar-refractivity contribution is 0.0759. The fraction of sp³-hybridized carbons (Fsp3) is 0.417. The highest BCUT2D eigenvalue weighted by Crippen LogP contribution is 2.14. The summed E-state index contributed by atoms with van der Waals surface area (Å²) in [5, 5.41) is 3.08. The first kappa shape index (κ1) is 12.8. The van der Waals surface area contributed by atoms with Crippen LogP contribution in [0.4, 0.5) is 10.3 Å². The Kier molecular flexibility index (Phi) is 4.49. The number of hydrogen-bond acceptors (Lipinski definition) is 4. The monoisotopic (exact) mass is 253 g/mol. The minimum atomic E-state index is -0.277. The van der Waals surface area contributed by atoms with Crippen molar-refractivity contribution in [2.24, 2.45) is 0 Å². The van der Waals surface area contributed by atoms with Gasteiger partial charge in [-0.25, -0.2) is 9.37 Å². The smallest absolute Gasteiger partial charge is 0.201 e. The number of imidazole rings is 1. The summed E-state index contributed by atoms with van der Waals surface area (Å²) in [7, 11) is 1.63. The van der Waals surface area contributed by atoms with Crippen LogP contribution in [0.15, 0.2) is 18.2 Å². The topological polar surface area (TPSA) is 59.2 Å². The Bertz CT molecular complexity index is 501. The van der Waals surface area contributed by atoms with E-state index in [1.165, 1.54) is 12.1 Å². The van der Waals surface area contributed by atoms with Gasteiger partial charge in [-0.2, -0.15) is 0 Å². The van der Waals surface area contributed by atoms with Crippen LogP contribution in [0.25, 0.3) is 11.0 Å². The molecule has 0 bridgehead atoms. The summed E-state index contributed by atoms with van der Waals surface area (Å²) in [6.45, 7) is 2.36. The number of aromatic nitrogens is 2. The van der Waals surface area contributed by atoms with Crippen LogP contribution >= 0.6 is 0 Å². The van der Waals surface area contributed by atoms with E-state index in [0.717, 1.165) is 5.52 Å². The molecule has 2 aromatic rings. The third-order valence-corrected chi connectivity index (χ3v) is 2.41. The van der Waals surface area contributed by atoms with Crippen molar-refractivity contribution in [1.29, 1.82) is 0 Å². The maximum absolute atomic E-state index is 13.0. The summed E-state index contributed by atoms with van der Waals surface area (Å²) in [6, 6.07) is 4.45. The lowest BCUT2D eigenvalue weighted by Crippen LogP contribution is -2.12. The molecule has 1 aromatic carbocycles. The van der Waals surface area contributed by atoms with Gasteiger partial charge in [-0.1, -0.05) is 0 Å². The molecule has 1 aromatic heterocycles. The minimum absolute atomic E-state index is 0.277. The number of hydrogen-bond donors (Lipinski definition) is 2. The summed E-state index contributed by atoms with van der Waals surface area (Å²) in [5.74, 6) is 0.339. The average Bonchev–Trinajstić information content (AvgIpc) is 2.75.